The molecule has 1 aromatic rings. The van der Waals surface area contributed by atoms with Crippen LogP contribution in [-0.2, 0) is 14.3 Å². The van der Waals surface area contributed by atoms with E-state index in [2.05, 4.69) is 20.4 Å². The second kappa shape index (κ2) is 9.05. The molecule has 3 N–H and O–H groups in total. The number of ether oxygens (including phenoxy) is 2. The zero-order chi connectivity index (χ0) is 21.7. The predicted molar refractivity (Wildman–Crippen MR) is 98.4 cm³/mol. The molecule has 2 amide bonds. The Morgan fingerprint density at radius 2 is 1.79 bits per heavy atom. The summed E-state index contributed by atoms with van der Waals surface area (Å²) >= 11 is 0. The van der Waals surface area contributed by atoms with Crippen LogP contribution in [0, 0.1) is 5.41 Å². The average Bonchev–Trinajstić information content (AvgIpc) is 3.03. The number of hydrogen-bond acceptors (Lipinski definition) is 8. The van der Waals surface area contributed by atoms with Gasteiger partial charge in [0.2, 0.25) is 5.89 Å². The highest BCUT2D eigenvalue weighted by Gasteiger charge is 2.34. The van der Waals surface area contributed by atoms with Crippen molar-refractivity contribution in [3.05, 3.63) is 17.8 Å². The Bertz CT molecular complexity index is 701. The van der Waals surface area contributed by atoms with Gasteiger partial charge in [-0.3, -0.25) is 4.79 Å². The number of aliphatic hydroxyl groups excluding tert-OH is 1. The van der Waals surface area contributed by atoms with Gasteiger partial charge in [0.25, 0.3) is 5.91 Å². The first kappa shape index (κ1) is 23.4. The Morgan fingerprint density at radius 1 is 1.18 bits per heavy atom. The van der Waals surface area contributed by atoms with E-state index in [-0.39, 0.29) is 11.6 Å². The number of rotatable bonds is 6. The standard InChI is InChI=1S/C18H29N3O7/c1-17(2,3)12(21-16(25)28-18(4,5)6)14-20-11(9-27-14)13(23)19-10(8-22)15(24)26-7/h9-10,12,22H,8H2,1-7H3,(H,19,23)(H,21,25)/t10-,12+/m0/s1. The van der Waals surface area contributed by atoms with Gasteiger partial charge in [0.15, 0.2) is 11.7 Å². The van der Waals surface area contributed by atoms with Crippen molar-refractivity contribution in [3.8, 4) is 0 Å². The van der Waals surface area contributed by atoms with E-state index in [4.69, 9.17) is 9.15 Å². The van der Waals surface area contributed by atoms with Crippen molar-refractivity contribution in [2.24, 2.45) is 5.41 Å². The highest BCUT2D eigenvalue weighted by Crippen LogP contribution is 2.32. The molecule has 0 fully saturated rings. The second-order valence-corrected chi connectivity index (χ2v) is 8.25. The summed E-state index contributed by atoms with van der Waals surface area (Å²) in [6, 6.07) is -1.91. The Balaban J connectivity index is 2.98. The van der Waals surface area contributed by atoms with Crippen LogP contribution in [0.25, 0.3) is 0 Å². The highest BCUT2D eigenvalue weighted by atomic mass is 16.6. The van der Waals surface area contributed by atoms with E-state index >= 15 is 0 Å². The second-order valence-electron chi connectivity index (χ2n) is 8.25. The molecule has 2 atom stereocenters. The first-order valence-corrected chi connectivity index (χ1v) is 8.73. The average molecular weight is 399 g/mol. The smallest absolute Gasteiger partial charge is 0.408 e. The molecule has 158 valence electrons. The number of alkyl carbamates (subject to hydrolysis) is 1. The number of carbonyl (C=O) groups is 3. The zero-order valence-corrected chi connectivity index (χ0v) is 17.3. The highest BCUT2D eigenvalue weighted by molar-refractivity contribution is 5.95. The van der Waals surface area contributed by atoms with Gasteiger partial charge in [0.1, 0.15) is 17.9 Å². The molecular formula is C18H29N3O7. The first-order chi connectivity index (χ1) is 12.8. The molecule has 0 aliphatic carbocycles. The van der Waals surface area contributed by atoms with Crippen molar-refractivity contribution in [1.82, 2.24) is 15.6 Å². The van der Waals surface area contributed by atoms with E-state index < -0.39 is 47.7 Å². The normalized spacial score (nSPS) is 14.0. The molecule has 1 aromatic heterocycles. The van der Waals surface area contributed by atoms with E-state index in [1.54, 1.807) is 20.8 Å². The van der Waals surface area contributed by atoms with Crippen molar-refractivity contribution in [1.29, 1.82) is 0 Å². The number of oxazole rings is 1. The molecule has 0 aliphatic rings. The minimum Gasteiger partial charge on any atom is -0.467 e. The molecule has 0 aliphatic heterocycles. The summed E-state index contributed by atoms with van der Waals surface area (Å²) in [7, 11) is 1.14. The predicted octanol–water partition coefficient (Wildman–Crippen LogP) is 1.55. The van der Waals surface area contributed by atoms with Crippen molar-refractivity contribution in [2.45, 2.75) is 59.2 Å². The SMILES string of the molecule is COC(=O)[C@H](CO)NC(=O)c1coc([C@@H](NC(=O)OC(C)(C)C)C(C)(C)C)n1. The molecule has 10 nitrogen and oxygen atoms in total. The third-order valence-corrected chi connectivity index (χ3v) is 3.50. The number of methoxy groups -OCH3 is 1. The number of aliphatic hydroxyl groups is 1. The molecule has 0 aromatic carbocycles. The third kappa shape index (κ3) is 6.84. The Labute approximate surface area is 164 Å². The number of hydrogen-bond donors (Lipinski definition) is 3. The molecule has 0 radical (unpaired) electrons. The number of esters is 1. The van der Waals surface area contributed by atoms with E-state index in [1.165, 1.54) is 0 Å². The Kier molecular flexibility index (Phi) is 7.57. The van der Waals surface area contributed by atoms with Gasteiger partial charge in [-0.1, -0.05) is 20.8 Å². The summed E-state index contributed by atoms with van der Waals surface area (Å²) in [5.74, 6) is -1.43. The summed E-state index contributed by atoms with van der Waals surface area (Å²) < 4.78 is 15.1. The van der Waals surface area contributed by atoms with Crippen LogP contribution in [-0.4, -0.2) is 53.4 Å². The molecule has 0 saturated heterocycles. The molecule has 0 unspecified atom stereocenters. The first-order valence-electron chi connectivity index (χ1n) is 8.73. The molecule has 0 bridgehead atoms. The van der Waals surface area contributed by atoms with Crippen LogP contribution in [0.5, 0.6) is 0 Å². The number of amides is 2. The van der Waals surface area contributed by atoms with Crippen molar-refractivity contribution in [3.63, 3.8) is 0 Å². The van der Waals surface area contributed by atoms with E-state index in [9.17, 15) is 19.5 Å². The lowest BCUT2D eigenvalue weighted by molar-refractivity contribution is -0.143. The largest absolute Gasteiger partial charge is 0.467 e. The van der Waals surface area contributed by atoms with E-state index in [0.717, 1.165) is 13.4 Å². The Morgan fingerprint density at radius 3 is 2.25 bits per heavy atom. The fraction of sp³-hybridized carbons (Fsp3) is 0.667. The maximum atomic E-state index is 12.3. The third-order valence-electron chi connectivity index (χ3n) is 3.50. The summed E-state index contributed by atoms with van der Waals surface area (Å²) in [4.78, 5) is 40.0. The maximum Gasteiger partial charge on any atom is 0.408 e. The fourth-order valence-electron chi connectivity index (χ4n) is 2.15. The molecule has 1 rings (SSSR count). The number of nitrogens with one attached hydrogen (secondary N) is 2. The summed E-state index contributed by atoms with van der Waals surface area (Å²) in [5.41, 5.74) is -1.30. The lowest BCUT2D eigenvalue weighted by atomic mass is 9.86. The quantitative estimate of drug-likeness (QED) is 0.612. The number of carbonyl (C=O) groups excluding carboxylic acids is 3. The zero-order valence-electron chi connectivity index (χ0n) is 17.3. The van der Waals surface area contributed by atoms with Crippen LogP contribution in [0.1, 0.15) is 64.0 Å². The van der Waals surface area contributed by atoms with Crippen LogP contribution in [0.3, 0.4) is 0 Å². The van der Waals surface area contributed by atoms with Crippen LogP contribution in [0.2, 0.25) is 0 Å². The summed E-state index contributed by atoms with van der Waals surface area (Å²) in [6.45, 7) is 10.2. The van der Waals surface area contributed by atoms with Crippen molar-refractivity contribution >= 4 is 18.0 Å². The lowest BCUT2D eigenvalue weighted by Gasteiger charge is -2.30. The van der Waals surface area contributed by atoms with E-state index in [1.807, 2.05) is 20.8 Å². The van der Waals surface area contributed by atoms with Gasteiger partial charge in [-0.25, -0.2) is 14.6 Å². The fourth-order valence-corrected chi connectivity index (χ4v) is 2.15. The van der Waals surface area contributed by atoms with Gasteiger partial charge in [-0.05, 0) is 26.2 Å². The lowest BCUT2D eigenvalue weighted by Crippen LogP contribution is -2.44. The molecule has 1 heterocycles. The molecule has 0 spiro atoms. The van der Waals surface area contributed by atoms with Crippen LogP contribution >= 0.6 is 0 Å². The Hall–Kier alpha value is -2.62. The van der Waals surface area contributed by atoms with Crippen molar-refractivity contribution < 1.29 is 33.4 Å². The molecule has 10 heteroatoms. The summed E-state index contributed by atoms with van der Waals surface area (Å²) in [5, 5.41) is 14.2. The van der Waals surface area contributed by atoms with Gasteiger partial charge in [-0.15, -0.1) is 0 Å². The van der Waals surface area contributed by atoms with Crippen molar-refractivity contribution in [2.75, 3.05) is 13.7 Å². The van der Waals surface area contributed by atoms with Crippen LogP contribution in [0.4, 0.5) is 4.79 Å². The number of aromatic nitrogens is 1. The van der Waals surface area contributed by atoms with Gasteiger partial charge >= 0.3 is 12.1 Å². The van der Waals surface area contributed by atoms with Crippen LogP contribution < -0.4 is 10.6 Å². The summed E-state index contributed by atoms with van der Waals surface area (Å²) in [6.07, 6.45) is 0.453. The minimum atomic E-state index is -1.23. The maximum absolute atomic E-state index is 12.3. The van der Waals surface area contributed by atoms with Crippen LogP contribution in [0.15, 0.2) is 10.7 Å². The number of nitrogens with zero attached hydrogens (tertiary/aromatic N) is 1. The van der Waals surface area contributed by atoms with Gasteiger partial charge in [-0.2, -0.15) is 0 Å². The minimum absolute atomic E-state index is 0.0992. The van der Waals surface area contributed by atoms with Gasteiger partial charge in [0, 0.05) is 0 Å². The monoisotopic (exact) mass is 399 g/mol. The molecule has 0 saturated carbocycles. The van der Waals surface area contributed by atoms with E-state index in [0.29, 0.717) is 0 Å². The molecule has 28 heavy (non-hydrogen) atoms. The topological polar surface area (TPSA) is 140 Å². The van der Waals surface area contributed by atoms with Gasteiger partial charge in [0.05, 0.1) is 13.7 Å². The van der Waals surface area contributed by atoms with Gasteiger partial charge < -0.3 is 29.6 Å². The molecular weight excluding hydrogens is 370 g/mol.